The van der Waals surface area contributed by atoms with E-state index in [1.54, 1.807) is 6.33 Å². The second-order valence-corrected chi connectivity index (χ2v) is 9.05. The molecule has 2 heterocycles. The van der Waals surface area contributed by atoms with Crippen LogP contribution in [0.5, 0.6) is 0 Å². The van der Waals surface area contributed by atoms with E-state index in [4.69, 9.17) is 4.74 Å². The molecule has 4 nitrogen and oxygen atoms in total. The van der Waals surface area contributed by atoms with Gasteiger partial charge in [0.2, 0.25) is 0 Å². The van der Waals surface area contributed by atoms with Crippen molar-refractivity contribution in [2.75, 3.05) is 19.0 Å². The molecule has 1 N–H and O–H groups in total. The molecule has 0 amide bonds. The van der Waals surface area contributed by atoms with Crippen LogP contribution in [0.2, 0.25) is 0 Å². The Hall–Kier alpha value is -1.20. The molecule has 5 heteroatoms. The Balaban J connectivity index is 1.41. The van der Waals surface area contributed by atoms with Crippen LogP contribution in [0.3, 0.4) is 0 Å². The van der Waals surface area contributed by atoms with E-state index in [0.717, 1.165) is 24.3 Å². The fraction of sp³-hybridized carbons (Fsp3) is 0.714. The SMILES string of the molecule is CCC(CCOC)C1CCC(Nc2ncnc3sc4c(c23)CCC4)CC1. The van der Waals surface area contributed by atoms with Crippen LogP contribution in [0.4, 0.5) is 5.82 Å². The highest BCUT2D eigenvalue weighted by Crippen LogP contribution is 2.40. The minimum absolute atomic E-state index is 0.557. The summed E-state index contributed by atoms with van der Waals surface area (Å²) in [6, 6.07) is 0.557. The third-order valence-corrected chi connectivity index (χ3v) is 7.70. The Morgan fingerprint density at radius 1 is 1.23 bits per heavy atom. The predicted molar refractivity (Wildman–Crippen MR) is 109 cm³/mol. The number of thiophene rings is 1. The topological polar surface area (TPSA) is 47.0 Å². The summed E-state index contributed by atoms with van der Waals surface area (Å²) in [5.41, 5.74) is 1.52. The summed E-state index contributed by atoms with van der Waals surface area (Å²) in [6.07, 6.45) is 13.1. The van der Waals surface area contributed by atoms with Gasteiger partial charge in [0.25, 0.3) is 0 Å². The van der Waals surface area contributed by atoms with Crippen LogP contribution in [0.25, 0.3) is 10.2 Å². The lowest BCUT2D eigenvalue weighted by atomic mass is 9.76. The van der Waals surface area contributed by atoms with Crippen molar-refractivity contribution in [1.29, 1.82) is 0 Å². The van der Waals surface area contributed by atoms with Crippen LogP contribution in [0, 0.1) is 11.8 Å². The number of aryl methyl sites for hydroxylation is 2. The van der Waals surface area contributed by atoms with E-state index in [2.05, 4.69) is 22.2 Å². The second kappa shape index (κ2) is 8.22. The Morgan fingerprint density at radius 3 is 2.85 bits per heavy atom. The van der Waals surface area contributed by atoms with Gasteiger partial charge < -0.3 is 10.1 Å². The normalized spacial score (nSPS) is 23.9. The lowest BCUT2D eigenvalue weighted by Crippen LogP contribution is -2.30. The fourth-order valence-corrected chi connectivity index (χ4v) is 6.24. The average molecular weight is 374 g/mol. The van der Waals surface area contributed by atoms with Crippen molar-refractivity contribution in [3.05, 3.63) is 16.8 Å². The first-order chi connectivity index (χ1) is 12.8. The van der Waals surface area contributed by atoms with Gasteiger partial charge in [-0.3, -0.25) is 0 Å². The number of hydrogen-bond acceptors (Lipinski definition) is 5. The van der Waals surface area contributed by atoms with Gasteiger partial charge in [0, 0.05) is 24.6 Å². The first-order valence-corrected chi connectivity index (χ1v) is 11.1. The number of anilines is 1. The van der Waals surface area contributed by atoms with E-state index in [1.807, 2.05) is 18.4 Å². The summed E-state index contributed by atoms with van der Waals surface area (Å²) < 4.78 is 5.31. The number of rotatable bonds is 7. The van der Waals surface area contributed by atoms with Crippen molar-refractivity contribution >= 4 is 27.4 Å². The number of nitrogens with zero attached hydrogens (tertiary/aromatic N) is 2. The van der Waals surface area contributed by atoms with Crippen LogP contribution >= 0.6 is 11.3 Å². The van der Waals surface area contributed by atoms with Crippen molar-refractivity contribution in [3.8, 4) is 0 Å². The molecular weight excluding hydrogens is 342 g/mol. The highest BCUT2D eigenvalue weighted by molar-refractivity contribution is 7.19. The van der Waals surface area contributed by atoms with E-state index in [-0.39, 0.29) is 0 Å². The van der Waals surface area contributed by atoms with Crippen LogP contribution < -0.4 is 5.32 Å². The Labute approximate surface area is 160 Å². The molecule has 0 aliphatic heterocycles. The van der Waals surface area contributed by atoms with Crippen molar-refractivity contribution in [2.24, 2.45) is 11.8 Å². The number of aromatic nitrogens is 2. The average Bonchev–Trinajstić information content (AvgIpc) is 3.25. The Bertz CT molecular complexity index is 736. The maximum Gasteiger partial charge on any atom is 0.138 e. The van der Waals surface area contributed by atoms with Crippen LogP contribution in [-0.2, 0) is 17.6 Å². The van der Waals surface area contributed by atoms with Crippen molar-refractivity contribution in [1.82, 2.24) is 9.97 Å². The van der Waals surface area contributed by atoms with Gasteiger partial charge in [0.15, 0.2) is 0 Å². The molecule has 0 saturated heterocycles. The second-order valence-electron chi connectivity index (χ2n) is 7.97. The molecule has 0 bridgehead atoms. The third-order valence-electron chi connectivity index (χ3n) is 6.50. The highest BCUT2D eigenvalue weighted by atomic mass is 32.1. The zero-order valence-electron chi connectivity index (χ0n) is 16.1. The van der Waals surface area contributed by atoms with E-state index in [0.29, 0.717) is 6.04 Å². The van der Waals surface area contributed by atoms with E-state index in [9.17, 15) is 0 Å². The van der Waals surface area contributed by atoms with Gasteiger partial charge in [-0.25, -0.2) is 9.97 Å². The molecular formula is C21H31N3OS. The summed E-state index contributed by atoms with van der Waals surface area (Å²) in [5.74, 6) is 2.77. The van der Waals surface area contributed by atoms with Crippen LogP contribution in [0.1, 0.15) is 62.3 Å². The summed E-state index contributed by atoms with van der Waals surface area (Å²) in [7, 11) is 1.82. The number of methoxy groups -OCH3 is 1. The molecule has 1 atom stereocenters. The summed E-state index contributed by atoms with van der Waals surface area (Å²) in [6.45, 7) is 3.23. The van der Waals surface area contributed by atoms with Gasteiger partial charge in [-0.15, -0.1) is 11.3 Å². The van der Waals surface area contributed by atoms with Crippen molar-refractivity contribution in [2.45, 2.75) is 70.8 Å². The van der Waals surface area contributed by atoms with Crippen LogP contribution in [0.15, 0.2) is 6.33 Å². The zero-order valence-corrected chi connectivity index (χ0v) is 16.9. The Morgan fingerprint density at radius 2 is 2.08 bits per heavy atom. The Kier molecular flexibility index (Phi) is 5.75. The van der Waals surface area contributed by atoms with E-state index < -0.39 is 0 Å². The maximum absolute atomic E-state index is 5.31. The quantitative estimate of drug-likeness (QED) is 0.723. The van der Waals surface area contributed by atoms with Gasteiger partial charge in [0.1, 0.15) is 17.0 Å². The number of fused-ring (bicyclic) bond motifs is 3. The first kappa shape index (κ1) is 18.2. The van der Waals surface area contributed by atoms with Gasteiger partial charge in [0.05, 0.1) is 5.39 Å². The molecule has 142 valence electrons. The van der Waals surface area contributed by atoms with Gasteiger partial charge >= 0.3 is 0 Å². The van der Waals surface area contributed by atoms with E-state index >= 15 is 0 Å². The molecule has 2 aromatic heterocycles. The molecule has 1 saturated carbocycles. The molecule has 0 aromatic carbocycles. The molecule has 4 rings (SSSR count). The summed E-state index contributed by atoms with van der Waals surface area (Å²) in [5, 5.41) is 5.11. The van der Waals surface area contributed by atoms with Gasteiger partial charge in [-0.2, -0.15) is 0 Å². The zero-order chi connectivity index (χ0) is 17.9. The van der Waals surface area contributed by atoms with Crippen molar-refractivity contribution < 1.29 is 4.74 Å². The molecule has 2 aromatic rings. The number of ether oxygens (including phenoxy) is 1. The van der Waals surface area contributed by atoms with E-state index in [1.165, 1.54) is 78.4 Å². The van der Waals surface area contributed by atoms with Crippen LogP contribution in [-0.4, -0.2) is 29.7 Å². The molecule has 1 fully saturated rings. The maximum atomic E-state index is 5.31. The highest BCUT2D eigenvalue weighted by Gasteiger charge is 2.28. The summed E-state index contributed by atoms with van der Waals surface area (Å²) >= 11 is 1.87. The monoisotopic (exact) mass is 373 g/mol. The van der Waals surface area contributed by atoms with Gasteiger partial charge in [-0.1, -0.05) is 13.3 Å². The molecule has 2 aliphatic rings. The minimum Gasteiger partial charge on any atom is -0.385 e. The number of hydrogen-bond donors (Lipinski definition) is 1. The van der Waals surface area contributed by atoms with Crippen molar-refractivity contribution in [3.63, 3.8) is 0 Å². The minimum atomic E-state index is 0.557. The predicted octanol–water partition coefficient (Wildman–Crippen LogP) is 5.21. The lowest BCUT2D eigenvalue weighted by Gasteiger charge is -2.34. The molecule has 2 aliphatic carbocycles. The molecule has 26 heavy (non-hydrogen) atoms. The van der Waals surface area contributed by atoms with Gasteiger partial charge in [-0.05, 0) is 68.8 Å². The largest absolute Gasteiger partial charge is 0.385 e. The standard InChI is InChI=1S/C21H31N3OS/c1-3-14(11-12-25-2)15-7-9-16(10-8-15)24-20-19-17-5-4-6-18(17)26-21(19)23-13-22-20/h13-16H,3-12H2,1-2H3,(H,22,23,24). The fourth-order valence-electron chi connectivity index (χ4n) is 5.01. The smallest absolute Gasteiger partial charge is 0.138 e. The number of nitrogens with one attached hydrogen (secondary N) is 1. The first-order valence-electron chi connectivity index (χ1n) is 10.3. The molecule has 0 spiro atoms. The molecule has 0 radical (unpaired) electrons. The lowest BCUT2D eigenvalue weighted by molar-refractivity contribution is 0.142. The third kappa shape index (κ3) is 3.61. The summed E-state index contributed by atoms with van der Waals surface area (Å²) in [4.78, 5) is 11.9. The molecule has 1 unspecified atom stereocenters.